The maximum Gasteiger partial charge on any atom is 0.319 e. The van der Waals surface area contributed by atoms with E-state index in [9.17, 15) is 19.3 Å². The first-order valence-electron chi connectivity index (χ1n) is 7.52. The van der Waals surface area contributed by atoms with Crippen LogP contribution in [0.2, 0.25) is 0 Å². The van der Waals surface area contributed by atoms with E-state index in [1.54, 1.807) is 19.1 Å². The minimum absolute atomic E-state index is 0.0446. The Hall–Kier alpha value is -2.96. The second kappa shape index (κ2) is 6.27. The molecule has 2 amide bonds. The van der Waals surface area contributed by atoms with Crippen molar-refractivity contribution in [2.45, 2.75) is 25.3 Å². The number of nitro benzene ring substituents is 1. The van der Waals surface area contributed by atoms with Gasteiger partial charge in [0.25, 0.3) is 5.69 Å². The largest absolute Gasteiger partial charge is 0.334 e. The highest BCUT2D eigenvalue weighted by Crippen LogP contribution is 2.41. The van der Waals surface area contributed by atoms with Crippen molar-refractivity contribution in [3.63, 3.8) is 0 Å². The van der Waals surface area contributed by atoms with Gasteiger partial charge in [0.15, 0.2) is 0 Å². The number of amides is 2. The normalized spacial score (nSPS) is 18.8. The van der Waals surface area contributed by atoms with Crippen LogP contribution in [0.4, 0.5) is 20.6 Å². The van der Waals surface area contributed by atoms with E-state index < -0.39 is 11.0 Å². The van der Waals surface area contributed by atoms with Gasteiger partial charge in [0.2, 0.25) is 0 Å². The van der Waals surface area contributed by atoms with E-state index in [0.29, 0.717) is 11.3 Å². The van der Waals surface area contributed by atoms with Gasteiger partial charge in [0.05, 0.1) is 16.2 Å². The van der Waals surface area contributed by atoms with Crippen LogP contribution in [0.5, 0.6) is 0 Å². The molecule has 124 valence electrons. The molecule has 0 unspecified atom stereocenters. The van der Waals surface area contributed by atoms with Crippen LogP contribution < -0.4 is 10.6 Å². The Labute approximate surface area is 137 Å². The number of nitrogens with zero attached hydrogens (tertiary/aromatic N) is 1. The molecule has 6 nitrogen and oxygen atoms in total. The van der Waals surface area contributed by atoms with Crippen molar-refractivity contribution < 1.29 is 14.1 Å². The quantitative estimate of drug-likeness (QED) is 0.662. The summed E-state index contributed by atoms with van der Waals surface area (Å²) in [5.74, 6) is -0.201. The molecular formula is C17H16FN3O3. The fourth-order valence-corrected chi connectivity index (χ4v) is 2.74. The lowest BCUT2D eigenvalue weighted by atomic mass is 10.1. The van der Waals surface area contributed by atoms with Gasteiger partial charge in [-0.25, -0.2) is 9.18 Å². The minimum Gasteiger partial charge on any atom is -0.334 e. The average molecular weight is 329 g/mol. The summed E-state index contributed by atoms with van der Waals surface area (Å²) >= 11 is 0. The van der Waals surface area contributed by atoms with Crippen molar-refractivity contribution in [2.24, 2.45) is 0 Å². The molecule has 0 spiro atoms. The Morgan fingerprint density at radius 2 is 2.04 bits per heavy atom. The molecule has 0 radical (unpaired) electrons. The summed E-state index contributed by atoms with van der Waals surface area (Å²) in [6.45, 7) is 1.58. The predicted octanol–water partition coefficient (Wildman–Crippen LogP) is 3.72. The molecule has 2 aromatic carbocycles. The van der Waals surface area contributed by atoms with Gasteiger partial charge in [0.1, 0.15) is 5.82 Å². The topological polar surface area (TPSA) is 84.3 Å². The Morgan fingerprint density at radius 3 is 2.75 bits per heavy atom. The third kappa shape index (κ3) is 3.34. The summed E-state index contributed by atoms with van der Waals surface area (Å²) in [4.78, 5) is 22.5. The van der Waals surface area contributed by atoms with Crippen molar-refractivity contribution in [1.29, 1.82) is 0 Å². The van der Waals surface area contributed by atoms with Gasteiger partial charge in [-0.3, -0.25) is 10.1 Å². The molecule has 0 aliphatic heterocycles. The molecular weight excluding hydrogens is 313 g/mol. The van der Waals surface area contributed by atoms with Crippen molar-refractivity contribution in [3.8, 4) is 0 Å². The molecule has 2 aromatic rings. The van der Waals surface area contributed by atoms with Gasteiger partial charge >= 0.3 is 6.03 Å². The third-order valence-electron chi connectivity index (χ3n) is 4.13. The molecule has 0 bridgehead atoms. The van der Waals surface area contributed by atoms with E-state index in [0.717, 1.165) is 12.0 Å². The van der Waals surface area contributed by atoms with Crippen LogP contribution in [0.1, 0.15) is 23.5 Å². The van der Waals surface area contributed by atoms with E-state index in [-0.39, 0.29) is 23.5 Å². The number of hydrogen-bond donors (Lipinski definition) is 2. The minimum atomic E-state index is -0.487. The summed E-state index contributed by atoms with van der Waals surface area (Å²) in [5, 5.41) is 16.4. The molecule has 2 atom stereocenters. The number of carbonyl (C=O) groups is 1. The van der Waals surface area contributed by atoms with Crippen LogP contribution in [-0.4, -0.2) is 17.0 Å². The Kier molecular flexibility index (Phi) is 4.16. The Balaban J connectivity index is 1.62. The van der Waals surface area contributed by atoms with Gasteiger partial charge in [-0.15, -0.1) is 0 Å². The first-order chi connectivity index (χ1) is 11.5. The van der Waals surface area contributed by atoms with Crippen molar-refractivity contribution in [2.75, 3.05) is 5.32 Å². The molecule has 2 N–H and O–H groups in total. The number of nitro groups is 1. The molecule has 1 saturated carbocycles. The van der Waals surface area contributed by atoms with Crippen LogP contribution in [0.15, 0.2) is 42.5 Å². The first-order valence-corrected chi connectivity index (χ1v) is 7.52. The molecule has 24 heavy (non-hydrogen) atoms. The van der Waals surface area contributed by atoms with E-state index >= 15 is 0 Å². The molecule has 0 saturated heterocycles. The molecule has 1 aliphatic rings. The third-order valence-corrected chi connectivity index (χ3v) is 4.13. The maximum atomic E-state index is 13.2. The van der Waals surface area contributed by atoms with Crippen molar-refractivity contribution in [1.82, 2.24) is 5.32 Å². The lowest BCUT2D eigenvalue weighted by Crippen LogP contribution is -2.31. The molecule has 1 aliphatic carbocycles. The standard InChI is InChI=1S/C17H16FN3O3/c1-10-14(6-3-7-16(10)21(23)24)19-17(22)20-15-9-13(15)11-4-2-5-12(18)8-11/h2-8,13,15H,9H2,1H3,(H2,19,20,22)/t13-,15+/m0/s1. The van der Waals surface area contributed by atoms with Gasteiger partial charge in [0, 0.05) is 18.0 Å². The lowest BCUT2D eigenvalue weighted by Gasteiger charge is -2.10. The van der Waals surface area contributed by atoms with E-state index in [4.69, 9.17) is 0 Å². The zero-order valence-corrected chi connectivity index (χ0v) is 13.0. The highest BCUT2D eigenvalue weighted by Gasteiger charge is 2.39. The summed E-state index contributed by atoms with van der Waals surface area (Å²) in [6.07, 6.45) is 0.741. The summed E-state index contributed by atoms with van der Waals surface area (Å²) < 4.78 is 13.2. The van der Waals surface area contributed by atoms with Gasteiger partial charge in [-0.2, -0.15) is 0 Å². The zero-order chi connectivity index (χ0) is 17.3. The SMILES string of the molecule is Cc1c(NC(=O)N[C@@H]2C[C@H]2c2cccc(F)c2)cccc1[N+](=O)[O-]. The van der Waals surface area contributed by atoms with Crippen LogP contribution in [0.3, 0.4) is 0 Å². The predicted molar refractivity (Wildman–Crippen MR) is 87.5 cm³/mol. The number of hydrogen-bond acceptors (Lipinski definition) is 3. The molecule has 0 heterocycles. The smallest absolute Gasteiger partial charge is 0.319 e. The van der Waals surface area contributed by atoms with E-state index in [1.807, 2.05) is 6.07 Å². The van der Waals surface area contributed by atoms with Crippen LogP contribution in [0.25, 0.3) is 0 Å². The first kappa shape index (κ1) is 15.9. The number of urea groups is 1. The highest BCUT2D eigenvalue weighted by molar-refractivity contribution is 5.91. The Morgan fingerprint density at radius 1 is 1.29 bits per heavy atom. The van der Waals surface area contributed by atoms with Crippen LogP contribution in [0, 0.1) is 22.9 Å². The van der Waals surface area contributed by atoms with E-state index in [1.165, 1.54) is 24.3 Å². The average Bonchev–Trinajstić information content (AvgIpc) is 3.28. The molecule has 7 heteroatoms. The number of anilines is 1. The zero-order valence-electron chi connectivity index (χ0n) is 13.0. The molecule has 0 aromatic heterocycles. The fraction of sp³-hybridized carbons (Fsp3) is 0.235. The molecule has 1 fully saturated rings. The van der Waals surface area contributed by atoms with Crippen LogP contribution >= 0.6 is 0 Å². The highest BCUT2D eigenvalue weighted by atomic mass is 19.1. The number of carbonyl (C=O) groups excluding carboxylic acids is 1. The van der Waals surface area contributed by atoms with Gasteiger partial charge < -0.3 is 10.6 Å². The van der Waals surface area contributed by atoms with E-state index in [2.05, 4.69) is 10.6 Å². The second-order valence-corrected chi connectivity index (χ2v) is 5.81. The number of benzene rings is 2. The number of rotatable bonds is 4. The van der Waals surface area contributed by atoms with Gasteiger partial charge in [-0.1, -0.05) is 18.2 Å². The van der Waals surface area contributed by atoms with Crippen molar-refractivity contribution >= 4 is 17.4 Å². The number of nitrogens with one attached hydrogen (secondary N) is 2. The maximum absolute atomic E-state index is 13.2. The monoisotopic (exact) mass is 329 g/mol. The fourth-order valence-electron chi connectivity index (χ4n) is 2.74. The second-order valence-electron chi connectivity index (χ2n) is 5.81. The van der Waals surface area contributed by atoms with Gasteiger partial charge in [-0.05, 0) is 37.1 Å². The van der Waals surface area contributed by atoms with Crippen LogP contribution in [-0.2, 0) is 0 Å². The summed E-state index contributed by atoms with van der Waals surface area (Å²) in [6, 6.07) is 10.4. The van der Waals surface area contributed by atoms with Crippen molar-refractivity contribution in [3.05, 3.63) is 69.5 Å². The molecule has 3 rings (SSSR count). The lowest BCUT2D eigenvalue weighted by molar-refractivity contribution is -0.385. The Bertz CT molecular complexity index is 809. The number of halogens is 1. The summed E-state index contributed by atoms with van der Waals surface area (Å²) in [7, 11) is 0. The summed E-state index contributed by atoms with van der Waals surface area (Å²) in [5.41, 5.74) is 1.60.